The minimum absolute atomic E-state index is 0.235. The van der Waals surface area contributed by atoms with Crippen molar-refractivity contribution < 1.29 is 0 Å². The molecule has 2 nitrogen and oxygen atoms in total. The molecule has 0 fully saturated rings. The van der Waals surface area contributed by atoms with Gasteiger partial charge in [0.15, 0.2) is 0 Å². The van der Waals surface area contributed by atoms with Crippen LogP contribution in [-0.2, 0) is 6.42 Å². The van der Waals surface area contributed by atoms with Crippen molar-refractivity contribution in [3.8, 4) is 0 Å². The van der Waals surface area contributed by atoms with Gasteiger partial charge in [0.25, 0.3) is 0 Å². The van der Waals surface area contributed by atoms with Gasteiger partial charge in [0.05, 0.1) is 0 Å². The average Bonchev–Trinajstić information content (AvgIpc) is 2.91. The molecular formula is C17H18BrClN2. The Morgan fingerprint density at radius 2 is 2.29 bits per heavy atom. The molecule has 4 heteroatoms. The topological polar surface area (TPSA) is 24.9 Å². The maximum atomic E-state index is 6.20. The molecule has 1 aliphatic rings. The van der Waals surface area contributed by atoms with Crippen molar-refractivity contribution >= 4 is 27.5 Å². The number of benzene rings is 1. The maximum Gasteiger partial charge on any atom is 0.0485 e. The van der Waals surface area contributed by atoms with Gasteiger partial charge < -0.3 is 5.32 Å². The fourth-order valence-corrected chi connectivity index (χ4v) is 3.88. The zero-order valence-electron chi connectivity index (χ0n) is 11.9. The van der Waals surface area contributed by atoms with Crippen LogP contribution in [0, 0.1) is 0 Å². The summed E-state index contributed by atoms with van der Waals surface area (Å²) in [6.07, 6.45) is 4.13. The lowest BCUT2D eigenvalue weighted by Crippen LogP contribution is -2.27. The summed E-state index contributed by atoms with van der Waals surface area (Å²) in [4.78, 5) is 4.63. The van der Waals surface area contributed by atoms with Crippen molar-refractivity contribution in [3.63, 3.8) is 0 Å². The molecule has 0 amide bonds. The Morgan fingerprint density at radius 1 is 1.43 bits per heavy atom. The Morgan fingerprint density at radius 3 is 3.10 bits per heavy atom. The first-order valence-corrected chi connectivity index (χ1v) is 8.50. The molecule has 0 spiro atoms. The minimum atomic E-state index is 0.235. The van der Waals surface area contributed by atoms with Crippen LogP contribution in [0.2, 0.25) is 5.02 Å². The zero-order valence-corrected chi connectivity index (χ0v) is 14.3. The Labute approximate surface area is 139 Å². The van der Waals surface area contributed by atoms with Gasteiger partial charge in [0.2, 0.25) is 0 Å². The summed E-state index contributed by atoms with van der Waals surface area (Å²) in [6.45, 7) is 3.06. The number of hydrogen-bond donors (Lipinski definition) is 1. The molecule has 0 saturated carbocycles. The SMILES string of the molecule is CCNC(c1cc(Cl)ccc1Br)C1CCc2cccnc21. The van der Waals surface area contributed by atoms with Gasteiger partial charge >= 0.3 is 0 Å². The van der Waals surface area contributed by atoms with E-state index >= 15 is 0 Å². The zero-order chi connectivity index (χ0) is 14.8. The number of pyridine rings is 1. The van der Waals surface area contributed by atoms with Gasteiger partial charge in [0.1, 0.15) is 0 Å². The molecule has 1 heterocycles. The van der Waals surface area contributed by atoms with Crippen molar-refractivity contribution in [3.05, 3.63) is 62.8 Å². The molecule has 2 unspecified atom stereocenters. The van der Waals surface area contributed by atoms with Crippen LogP contribution in [0.25, 0.3) is 0 Å². The van der Waals surface area contributed by atoms with E-state index in [9.17, 15) is 0 Å². The van der Waals surface area contributed by atoms with Gasteiger partial charge in [-0.3, -0.25) is 4.98 Å². The minimum Gasteiger partial charge on any atom is -0.310 e. The molecule has 21 heavy (non-hydrogen) atoms. The van der Waals surface area contributed by atoms with Crippen LogP contribution >= 0.6 is 27.5 Å². The van der Waals surface area contributed by atoms with Crippen LogP contribution in [0.1, 0.15) is 42.1 Å². The van der Waals surface area contributed by atoms with Crippen LogP contribution in [-0.4, -0.2) is 11.5 Å². The van der Waals surface area contributed by atoms with Gasteiger partial charge in [-0.1, -0.05) is 40.5 Å². The Bertz CT molecular complexity index is 644. The summed E-state index contributed by atoms with van der Waals surface area (Å²) in [5.41, 5.74) is 3.83. The second-order valence-electron chi connectivity index (χ2n) is 5.39. The van der Waals surface area contributed by atoms with Crippen molar-refractivity contribution in [2.24, 2.45) is 0 Å². The normalized spacial score (nSPS) is 18.5. The number of likely N-dealkylation sites (N-methyl/N-ethyl adjacent to an activating group) is 1. The van der Waals surface area contributed by atoms with Crippen LogP contribution in [0.5, 0.6) is 0 Å². The lowest BCUT2D eigenvalue weighted by molar-refractivity contribution is 0.446. The standard InChI is InChI=1S/C17H18BrClN2/c1-2-20-17(14-10-12(19)6-8-15(14)18)13-7-5-11-4-3-9-21-16(11)13/h3-4,6,8-10,13,17,20H,2,5,7H2,1H3. The predicted octanol–water partition coefficient (Wildman–Crippen LogP) is 4.88. The van der Waals surface area contributed by atoms with Crippen molar-refractivity contribution in [2.75, 3.05) is 6.54 Å². The van der Waals surface area contributed by atoms with E-state index in [0.29, 0.717) is 5.92 Å². The third kappa shape index (κ3) is 3.01. The van der Waals surface area contributed by atoms with Crippen LogP contribution in [0.4, 0.5) is 0 Å². The van der Waals surface area contributed by atoms with E-state index in [1.807, 2.05) is 24.4 Å². The summed E-state index contributed by atoms with van der Waals surface area (Å²) in [7, 11) is 0. The summed E-state index contributed by atoms with van der Waals surface area (Å²) in [6, 6.07) is 10.4. The molecule has 110 valence electrons. The number of halogens is 2. The highest BCUT2D eigenvalue weighted by molar-refractivity contribution is 9.10. The second kappa shape index (κ2) is 6.47. The molecule has 0 bridgehead atoms. The number of hydrogen-bond acceptors (Lipinski definition) is 2. The molecule has 1 aromatic heterocycles. The lowest BCUT2D eigenvalue weighted by Gasteiger charge is -2.26. The Hall–Kier alpha value is -0.900. The first-order valence-electron chi connectivity index (χ1n) is 7.32. The van der Waals surface area contributed by atoms with E-state index in [4.69, 9.17) is 11.6 Å². The molecule has 3 rings (SSSR count). The molecule has 2 atom stereocenters. The number of fused-ring (bicyclic) bond motifs is 1. The van der Waals surface area contributed by atoms with Crippen molar-refractivity contribution in [1.29, 1.82) is 0 Å². The highest BCUT2D eigenvalue weighted by Crippen LogP contribution is 2.42. The number of nitrogens with zero attached hydrogens (tertiary/aromatic N) is 1. The molecule has 0 aliphatic heterocycles. The maximum absolute atomic E-state index is 6.20. The lowest BCUT2D eigenvalue weighted by atomic mass is 9.90. The van der Waals surface area contributed by atoms with Gasteiger partial charge in [-0.2, -0.15) is 0 Å². The number of rotatable bonds is 4. The molecule has 0 radical (unpaired) electrons. The predicted molar refractivity (Wildman–Crippen MR) is 90.9 cm³/mol. The summed E-state index contributed by atoms with van der Waals surface area (Å²) in [5, 5.41) is 4.39. The molecule has 1 N–H and O–H groups in total. The molecule has 0 saturated heterocycles. The smallest absolute Gasteiger partial charge is 0.0485 e. The van der Waals surface area contributed by atoms with E-state index in [1.165, 1.54) is 16.8 Å². The van der Waals surface area contributed by atoms with Gasteiger partial charge in [-0.25, -0.2) is 0 Å². The number of aromatic nitrogens is 1. The van der Waals surface area contributed by atoms with Crippen LogP contribution in [0.3, 0.4) is 0 Å². The summed E-state index contributed by atoms with van der Waals surface area (Å²) >= 11 is 9.87. The fraction of sp³-hybridized carbons (Fsp3) is 0.353. The third-order valence-corrected chi connectivity index (χ3v) is 5.08. The van der Waals surface area contributed by atoms with Gasteiger partial charge in [0, 0.05) is 33.3 Å². The van der Waals surface area contributed by atoms with E-state index in [2.05, 4.69) is 45.3 Å². The van der Waals surface area contributed by atoms with E-state index in [-0.39, 0.29) is 6.04 Å². The van der Waals surface area contributed by atoms with Crippen LogP contribution in [0.15, 0.2) is 41.0 Å². The largest absolute Gasteiger partial charge is 0.310 e. The number of aryl methyl sites for hydroxylation is 1. The van der Waals surface area contributed by atoms with Crippen molar-refractivity contribution in [2.45, 2.75) is 31.7 Å². The fourth-order valence-electron chi connectivity index (χ4n) is 3.21. The Balaban J connectivity index is 2.01. The highest BCUT2D eigenvalue weighted by Gasteiger charge is 2.32. The first kappa shape index (κ1) is 15.0. The first-order chi connectivity index (χ1) is 10.2. The van der Waals surface area contributed by atoms with Gasteiger partial charge in [-0.05, 0) is 54.8 Å². The molecular weight excluding hydrogens is 348 g/mol. The monoisotopic (exact) mass is 364 g/mol. The third-order valence-electron chi connectivity index (χ3n) is 4.12. The molecule has 1 aromatic carbocycles. The number of nitrogens with one attached hydrogen (secondary N) is 1. The quantitative estimate of drug-likeness (QED) is 0.835. The van der Waals surface area contributed by atoms with E-state index in [0.717, 1.165) is 28.9 Å². The van der Waals surface area contributed by atoms with Crippen LogP contribution < -0.4 is 5.32 Å². The Kier molecular flexibility index (Phi) is 4.63. The highest BCUT2D eigenvalue weighted by atomic mass is 79.9. The van der Waals surface area contributed by atoms with E-state index < -0.39 is 0 Å². The van der Waals surface area contributed by atoms with E-state index in [1.54, 1.807) is 0 Å². The summed E-state index contributed by atoms with van der Waals surface area (Å²) in [5.74, 6) is 0.399. The van der Waals surface area contributed by atoms with Crippen molar-refractivity contribution in [1.82, 2.24) is 10.3 Å². The average molecular weight is 366 g/mol. The van der Waals surface area contributed by atoms with Gasteiger partial charge in [-0.15, -0.1) is 0 Å². The molecule has 1 aliphatic carbocycles. The molecule has 2 aromatic rings. The summed E-state index contributed by atoms with van der Waals surface area (Å²) < 4.78 is 1.10. The second-order valence-corrected chi connectivity index (χ2v) is 6.68.